The summed E-state index contributed by atoms with van der Waals surface area (Å²) in [6, 6.07) is 9.56. The molecule has 0 heterocycles. The number of aryl methyl sites for hydroxylation is 1. The van der Waals surface area contributed by atoms with Gasteiger partial charge in [-0.2, -0.15) is 0 Å². The summed E-state index contributed by atoms with van der Waals surface area (Å²) in [5.41, 5.74) is 3.51. The lowest BCUT2D eigenvalue weighted by Crippen LogP contribution is -2.30. The maximum absolute atomic E-state index is 13.8. The lowest BCUT2D eigenvalue weighted by atomic mass is 10.1. The first-order valence-corrected chi connectivity index (χ1v) is 6.99. The van der Waals surface area contributed by atoms with Gasteiger partial charge in [-0.15, -0.1) is 0 Å². The minimum absolute atomic E-state index is 0.0278. The van der Waals surface area contributed by atoms with Gasteiger partial charge in [0.05, 0.1) is 0 Å². The molecule has 2 aromatic rings. The lowest BCUT2D eigenvalue weighted by molar-refractivity contribution is 0.0953. The Morgan fingerprint density at radius 1 is 1.33 bits per heavy atom. The van der Waals surface area contributed by atoms with Crippen molar-refractivity contribution in [1.82, 2.24) is 5.43 Å². The zero-order chi connectivity index (χ0) is 15.4. The van der Waals surface area contributed by atoms with E-state index in [1.807, 2.05) is 24.5 Å². The van der Waals surface area contributed by atoms with Crippen LogP contribution in [0.15, 0.2) is 40.9 Å². The van der Waals surface area contributed by atoms with Gasteiger partial charge in [0.25, 0.3) is 5.91 Å². The maximum atomic E-state index is 13.8. The normalized spacial score (nSPS) is 10.3. The molecule has 0 aliphatic heterocycles. The van der Waals surface area contributed by atoms with Gasteiger partial charge in [-0.25, -0.2) is 10.2 Å². The van der Waals surface area contributed by atoms with E-state index in [1.54, 1.807) is 6.07 Å². The van der Waals surface area contributed by atoms with Crippen molar-refractivity contribution in [3.8, 4) is 5.75 Å². The molecule has 3 N–H and O–H groups in total. The predicted octanol–water partition coefficient (Wildman–Crippen LogP) is 3.08. The van der Waals surface area contributed by atoms with Crippen LogP contribution in [0.5, 0.6) is 5.75 Å². The quantitative estimate of drug-likeness (QED) is 0.504. The monoisotopic (exact) mass is 352 g/mol. The molecule has 0 radical (unpaired) electrons. The third-order valence-corrected chi connectivity index (χ3v) is 3.45. The van der Waals surface area contributed by atoms with Gasteiger partial charge in [0.15, 0.2) is 0 Å². The van der Waals surface area contributed by atoms with Crippen LogP contribution in [0.2, 0.25) is 0 Å². The maximum Gasteiger partial charge on any atom is 0.265 e. The van der Waals surface area contributed by atoms with Gasteiger partial charge >= 0.3 is 0 Å². The van der Waals surface area contributed by atoms with Crippen LogP contribution in [0.3, 0.4) is 0 Å². The van der Waals surface area contributed by atoms with E-state index in [2.05, 4.69) is 15.9 Å². The predicted molar refractivity (Wildman–Crippen MR) is 81.3 cm³/mol. The van der Waals surface area contributed by atoms with Crippen LogP contribution in [0.25, 0.3) is 0 Å². The standard InChI is InChI=1S/C15H14BrFN2O2/c1-9-6-12(16)3-5-14(9)21-8-11-7-10(15(20)19-18)2-4-13(11)17/h2-7H,8,18H2,1H3,(H,19,20). The molecule has 0 atom stereocenters. The summed E-state index contributed by atoms with van der Waals surface area (Å²) in [6.07, 6.45) is 0. The molecule has 0 unspecified atom stereocenters. The van der Waals surface area contributed by atoms with Gasteiger partial charge in [-0.1, -0.05) is 15.9 Å². The molecule has 0 saturated carbocycles. The Hall–Kier alpha value is -1.92. The van der Waals surface area contributed by atoms with E-state index in [-0.39, 0.29) is 12.2 Å². The molecule has 0 fully saturated rings. The number of nitrogens with two attached hydrogens (primary N) is 1. The number of halogens is 2. The van der Waals surface area contributed by atoms with Gasteiger partial charge in [0, 0.05) is 15.6 Å². The second-order valence-electron chi connectivity index (χ2n) is 4.48. The van der Waals surface area contributed by atoms with E-state index in [1.165, 1.54) is 18.2 Å². The highest BCUT2D eigenvalue weighted by Gasteiger charge is 2.10. The summed E-state index contributed by atoms with van der Waals surface area (Å²) in [5.74, 6) is 4.81. The smallest absolute Gasteiger partial charge is 0.265 e. The van der Waals surface area contributed by atoms with Crippen molar-refractivity contribution in [3.05, 3.63) is 63.4 Å². The Labute approximate surface area is 130 Å². The zero-order valence-electron chi connectivity index (χ0n) is 11.3. The van der Waals surface area contributed by atoms with Crippen LogP contribution in [0, 0.1) is 12.7 Å². The van der Waals surface area contributed by atoms with Crippen molar-refractivity contribution in [2.24, 2.45) is 5.84 Å². The van der Waals surface area contributed by atoms with Gasteiger partial charge < -0.3 is 4.74 Å². The van der Waals surface area contributed by atoms with E-state index in [0.717, 1.165) is 10.0 Å². The molecule has 21 heavy (non-hydrogen) atoms. The Bertz CT molecular complexity index is 677. The Morgan fingerprint density at radius 2 is 2.10 bits per heavy atom. The summed E-state index contributed by atoms with van der Waals surface area (Å²) in [5, 5.41) is 0. The van der Waals surface area contributed by atoms with E-state index in [0.29, 0.717) is 11.3 Å². The number of nitrogen functional groups attached to an aromatic ring is 1. The van der Waals surface area contributed by atoms with Crippen molar-refractivity contribution in [3.63, 3.8) is 0 Å². The number of rotatable bonds is 4. The van der Waals surface area contributed by atoms with Crippen molar-refractivity contribution in [2.75, 3.05) is 0 Å². The van der Waals surface area contributed by atoms with E-state index < -0.39 is 11.7 Å². The molecule has 0 aliphatic carbocycles. The first-order valence-electron chi connectivity index (χ1n) is 6.19. The van der Waals surface area contributed by atoms with Crippen LogP contribution in [-0.2, 0) is 6.61 Å². The molecule has 110 valence electrons. The minimum Gasteiger partial charge on any atom is -0.489 e. The van der Waals surface area contributed by atoms with Crippen molar-refractivity contribution in [1.29, 1.82) is 0 Å². The zero-order valence-corrected chi connectivity index (χ0v) is 12.9. The third-order valence-electron chi connectivity index (χ3n) is 2.96. The van der Waals surface area contributed by atoms with Gasteiger partial charge in [0.2, 0.25) is 0 Å². The van der Waals surface area contributed by atoms with E-state index in [9.17, 15) is 9.18 Å². The number of hydrogen-bond donors (Lipinski definition) is 2. The molecule has 0 bridgehead atoms. The highest BCUT2D eigenvalue weighted by molar-refractivity contribution is 9.10. The summed E-state index contributed by atoms with van der Waals surface area (Å²) in [7, 11) is 0. The van der Waals surface area contributed by atoms with Crippen LogP contribution in [0.1, 0.15) is 21.5 Å². The molecule has 1 amide bonds. The number of hydrazine groups is 1. The highest BCUT2D eigenvalue weighted by atomic mass is 79.9. The third kappa shape index (κ3) is 3.80. The second kappa shape index (κ2) is 6.69. The van der Waals surface area contributed by atoms with Gasteiger partial charge in [0.1, 0.15) is 18.2 Å². The SMILES string of the molecule is Cc1cc(Br)ccc1OCc1cc(C(=O)NN)ccc1F. The van der Waals surface area contributed by atoms with Crippen LogP contribution < -0.4 is 16.0 Å². The molecule has 2 rings (SSSR count). The Balaban J connectivity index is 2.17. The van der Waals surface area contributed by atoms with Crippen molar-refractivity contribution < 1.29 is 13.9 Å². The average molecular weight is 353 g/mol. The minimum atomic E-state index is -0.476. The average Bonchev–Trinajstić information content (AvgIpc) is 2.47. The number of carbonyl (C=O) groups is 1. The number of carbonyl (C=O) groups excluding carboxylic acids is 1. The van der Waals surface area contributed by atoms with Crippen molar-refractivity contribution >= 4 is 21.8 Å². The van der Waals surface area contributed by atoms with E-state index in [4.69, 9.17) is 10.6 Å². The van der Waals surface area contributed by atoms with Crippen LogP contribution in [0.4, 0.5) is 4.39 Å². The number of amides is 1. The van der Waals surface area contributed by atoms with Crippen molar-refractivity contribution in [2.45, 2.75) is 13.5 Å². The molecule has 0 aromatic heterocycles. The molecule has 6 heteroatoms. The largest absolute Gasteiger partial charge is 0.489 e. The topological polar surface area (TPSA) is 64.3 Å². The Kier molecular flexibility index (Phi) is 4.93. The van der Waals surface area contributed by atoms with Gasteiger partial charge in [-0.05, 0) is 48.9 Å². The first-order chi connectivity index (χ1) is 10.0. The fourth-order valence-corrected chi connectivity index (χ4v) is 2.32. The molecule has 4 nitrogen and oxygen atoms in total. The number of ether oxygens (including phenoxy) is 1. The molecular weight excluding hydrogens is 339 g/mol. The first kappa shape index (κ1) is 15.5. The fourth-order valence-electron chi connectivity index (χ4n) is 1.84. The van der Waals surface area contributed by atoms with E-state index >= 15 is 0 Å². The number of nitrogens with one attached hydrogen (secondary N) is 1. The lowest BCUT2D eigenvalue weighted by Gasteiger charge is -2.11. The Morgan fingerprint density at radius 3 is 2.76 bits per heavy atom. The summed E-state index contributed by atoms with van der Waals surface area (Å²) in [4.78, 5) is 11.4. The second-order valence-corrected chi connectivity index (χ2v) is 5.39. The van der Waals surface area contributed by atoms with Crippen LogP contribution in [-0.4, -0.2) is 5.91 Å². The number of benzene rings is 2. The molecule has 0 aliphatic rings. The molecule has 0 spiro atoms. The fraction of sp³-hybridized carbons (Fsp3) is 0.133. The summed E-state index contributed by atoms with van der Waals surface area (Å²) >= 11 is 3.37. The molecule has 2 aromatic carbocycles. The molecule has 0 saturated heterocycles. The highest BCUT2D eigenvalue weighted by Crippen LogP contribution is 2.23. The summed E-state index contributed by atoms with van der Waals surface area (Å²) < 4.78 is 20.3. The number of hydrogen-bond acceptors (Lipinski definition) is 3. The summed E-state index contributed by atoms with van der Waals surface area (Å²) in [6.45, 7) is 1.93. The van der Waals surface area contributed by atoms with Gasteiger partial charge in [-0.3, -0.25) is 10.2 Å². The van der Waals surface area contributed by atoms with Crippen LogP contribution >= 0.6 is 15.9 Å². The molecular formula is C15H14BrFN2O2.